The van der Waals surface area contributed by atoms with E-state index >= 15 is 0 Å². The Labute approximate surface area is 94.1 Å². The number of carboxylic acids is 1. The first-order valence-corrected chi connectivity index (χ1v) is 4.33. The maximum Gasteiger partial charge on any atom is 0.304 e. The second kappa shape index (κ2) is 6.27. The molecule has 1 rings (SSSR count). The van der Waals surface area contributed by atoms with Crippen LogP contribution in [-0.4, -0.2) is 22.2 Å². The zero-order valence-electron chi connectivity index (χ0n) is 8.09. The summed E-state index contributed by atoms with van der Waals surface area (Å²) in [5.41, 5.74) is 6.53. The molecule has 0 heterocycles. The van der Waals surface area contributed by atoms with Crippen LogP contribution in [-0.2, 0) is 11.2 Å². The molecule has 0 saturated heterocycles. The van der Waals surface area contributed by atoms with Crippen LogP contribution in [0.25, 0.3) is 0 Å². The molecule has 15 heavy (non-hydrogen) atoms. The lowest BCUT2D eigenvalue weighted by Crippen LogP contribution is -2.26. The second-order valence-electron chi connectivity index (χ2n) is 3.23. The van der Waals surface area contributed by atoms with Crippen molar-refractivity contribution < 1.29 is 15.0 Å². The molecule has 84 valence electrons. The van der Waals surface area contributed by atoms with E-state index in [2.05, 4.69) is 0 Å². The van der Waals surface area contributed by atoms with Crippen LogP contribution in [0.1, 0.15) is 12.0 Å². The van der Waals surface area contributed by atoms with Crippen LogP contribution in [0, 0.1) is 0 Å². The van der Waals surface area contributed by atoms with Crippen molar-refractivity contribution in [2.75, 3.05) is 0 Å². The highest BCUT2D eigenvalue weighted by atomic mass is 35.5. The third-order valence-electron chi connectivity index (χ3n) is 1.87. The van der Waals surface area contributed by atoms with E-state index in [4.69, 9.17) is 15.9 Å². The van der Waals surface area contributed by atoms with Gasteiger partial charge in [0.05, 0.1) is 6.42 Å². The maximum atomic E-state index is 10.3. The third kappa shape index (κ3) is 5.24. The first-order chi connectivity index (χ1) is 6.58. The maximum absolute atomic E-state index is 10.3. The summed E-state index contributed by atoms with van der Waals surface area (Å²) in [4.78, 5) is 10.3. The van der Waals surface area contributed by atoms with Gasteiger partial charge in [0.25, 0.3) is 0 Å². The topological polar surface area (TPSA) is 83.6 Å². The van der Waals surface area contributed by atoms with Gasteiger partial charge in [-0.2, -0.15) is 0 Å². The first kappa shape index (κ1) is 13.7. The Bertz CT molecular complexity index is 313. The van der Waals surface area contributed by atoms with Crippen molar-refractivity contribution in [1.29, 1.82) is 0 Å². The number of carboxylic acid groups (broad SMARTS) is 1. The Morgan fingerprint density at radius 1 is 1.33 bits per heavy atom. The molecule has 0 aliphatic rings. The number of aliphatic carboxylic acids is 1. The van der Waals surface area contributed by atoms with Crippen molar-refractivity contribution in [1.82, 2.24) is 0 Å². The molecule has 0 radical (unpaired) electrons. The third-order valence-corrected chi connectivity index (χ3v) is 1.87. The minimum Gasteiger partial charge on any atom is -0.508 e. The first-order valence-electron chi connectivity index (χ1n) is 4.33. The van der Waals surface area contributed by atoms with Gasteiger partial charge in [0.2, 0.25) is 0 Å². The van der Waals surface area contributed by atoms with Gasteiger partial charge in [0.15, 0.2) is 0 Å². The zero-order chi connectivity index (χ0) is 10.6. The van der Waals surface area contributed by atoms with Gasteiger partial charge in [-0.3, -0.25) is 4.79 Å². The smallest absolute Gasteiger partial charge is 0.304 e. The van der Waals surface area contributed by atoms with Crippen LogP contribution in [0.3, 0.4) is 0 Å². The van der Waals surface area contributed by atoms with Crippen LogP contribution in [0.5, 0.6) is 5.75 Å². The van der Waals surface area contributed by atoms with Crippen molar-refractivity contribution in [3.8, 4) is 5.75 Å². The number of benzene rings is 1. The lowest BCUT2D eigenvalue weighted by Gasteiger charge is -2.08. The van der Waals surface area contributed by atoms with E-state index in [1.807, 2.05) is 0 Å². The Morgan fingerprint density at radius 2 is 1.87 bits per heavy atom. The van der Waals surface area contributed by atoms with Gasteiger partial charge in [-0.25, -0.2) is 0 Å². The Balaban J connectivity index is 0.00000196. The molecule has 1 atom stereocenters. The molecule has 4 N–H and O–H groups in total. The molecule has 0 saturated carbocycles. The fraction of sp³-hybridized carbons (Fsp3) is 0.300. The molecule has 0 aliphatic heterocycles. The van der Waals surface area contributed by atoms with Crippen LogP contribution >= 0.6 is 12.4 Å². The van der Waals surface area contributed by atoms with E-state index in [0.717, 1.165) is 5.56 Å². The number of phenols is 1. The zero-order valence-corrected chi connectivity index (χ0v) is 8.91. The van der Waals surface area contributed by atoms with Gasteiger partial charge in [0.1, 0.15) is 5.75 Å². The van der Waals surface area contributed by atoms with Gasteiger partial charge in [-0.05, 0) is 24.1 Å². The Morgan fingerprint density at radius 3 is 2.33 bits per heavy atom. The minimum atomic E-state index is -0.892. The quantitative estimate of drug-likeness (QED) is 0.726. The summed E-state index contributed by atoms with van der Waals surface area (Å²) in [6.45, 7) is 0. The number of carbonyl (C=O) groups is 1. The predicted octanol–water partition coefficient (Wildman–Crippen LogP) is 1.16. The highest BCUT2D eigenvalue weighted by molar-refractivity contribution is 5.85. The van der Waals surface area contributed by atoms with Gasteiger partial charge >= 0.3 is 5.97 Å². The second-order valence-corrected chi connectivity index (χ2v) is 3.23. The molecule has 0 fully saturated rings. The molecule has 5 heteroatoms. The highest BCUT2D eigenvalue weighted by Gasteiger charge is 2.08. The monoisotopic (exact) mass is 231 g/mol. The summed E-state index contributed by atoms with van der Waals surface area (Å²) >= 11 is 0. The van der Waals surface area contributed by atoms with E-state index < -0.39 is 5.97 Å². The van der Waals surface area contributed by atoms with Gasteiger partial charge in [0, 0.05) is 6.04 Å². The van der Waals surface area contributed by atoms with E-state index in [9.17, 15) is 4.79 Å². The SMILES string of the molecule is Cl.N[C@@H](CC(=O)O)Cc1ccc(O)cc1. The number of hydrogen-bond acceptors (Lipinski definition) is 3. The minimum absolute atomic E-state index is 0. The molecule has 4 nitrogen and oxygen atoms in total. The normalized spacial score (nSPS) is 11.5. The molecule has 0 aliphatic carbocycles. The molecule has 0 unspecified atom stereocenters. The molecular weight excluding hydrogens is 218 g/mol. The van der Waals surface area contributed by atoms with E-state index in [0.29, 0.717) is 6.42 Å². The standard InChI is InChI=1S/C10H13NO3.ClH/c11-8(6-10(13)14)5-7-1-3-9(12)4-2-7;/h1-4,8,12H,5-6,11H2,(H,13,14);1H/t8-;/m1./s1. The fourth-order valence-corrected chi connectivity index (χ4v) is 1.23. The van der Waals surface area contributed by atoms with Crippen molar-refractivity contribution in [3.63, 3.8) is 0 Å². The summed E-state index contributed by atoms with van der Waals surface area (Å²) in [7, 11) is 0. The molecule has 0 amide bonds. The summed E-state index contributed by atoms with van der Waals surface area (Å²) in [5.74, 6) is -0.697. The van der Waals surface area contributed by atoms with Gasteiger partial charge in [-0.1, -0.05) is 12.1 Å². The number of phenolic OH excluding ortho intramolecular Hbond substituents is 1. The van der Waals surface area contributed by atoms with Crippen molar-refractivity contribution in [2.45, 2.75) is 18.9 Å². The van der Waals surface area contributed by atoms with Gasteiger partial charge in [-0.15, -0.1) is 12.4 Å². The number of nitrogens with two attached hydrogens (primary N) is 1. The molecular formula is C10H14ClNO3. The summed E-state index contributed by atoms with van der Waals surface area (Å²) in [6, 6.07) is 6.21. The summed E-state index contributed by atoms with van der Waals surface area (Å²) < 4.78 is 0. The van der Waals surface area contributed by atoms with E-state index in [1.54, 1.807) is 24.3 Å². The van der Waals surface area contributed by atoms with Crippen LogP contribution in [0.4, 0.5) is 0 Å². The summed E-state index contributed by atoms with van der Waals surface area (Å²) in [5, 5.41) is 17.5. The van der Waals surface area contributed by atoms with Crippen molar-refractivity contribution in [2.24, 2.45) is 5.73 Å². The lowest BCUT2D eigenvalue weighted by atomic mass is 10.0. The van der Waals surface area contributed by atoms with Crippen LogP contribution in [0.15, 0.2) is 24.3 Å². The number of aromatic hydroxyl groups is 1. The fourth-order valence-electron chi connectivity index (χ4n) is 1.23. The average Bonchev–Trinajstić information content (AvgIpc) is 2.07. The van der Waals surface area contributed by atoms with Crippen LogP contribution < -0.4 is 5.73 Å². The Kier molecular flexibility index (Phi) is 5.74. The van der Waals surface area contributed by atoms with E-state index in [-0.39, 0.29) is 30.6 Å². The predicted molar refractivity (Wildman–Crippen MR) is 59.3 cm³/mol. The number of rotatable bonds is 4. The van der Waals surface area contributed by atoms with Crippen molar-refractivity contribution in [3.05, 3.63) is 29.8 Å². The highest BCUT2D eigenvalue weighted by Crippen LogP contribution is 2.11. The van der Waals surface area contributed by atoms with E-state index in [1.165, 1.54) is 0 Å². The number of halogens is 1. The molecule has 1 aromatic carbocycles. The van der Waals surface area contributed by atoms with Gasteiger partial charge < -0.3 is 15.9 Å². The average molecular weight is 232 g/mol. The molecule has 0 spiro atoms. The van der Waals surface area contributed by atoms with Crippen molar-refractivity contribution >= 4 is 18.4 Å². The molecule has 0 aromatic heterocycles. The molecule has 0 bridgehead atoms. The van der Waals surface area contributed by atoms with Crippen LogP contribution in [0.2, 0.25) is 0 Å². The molecule has 1 aromatic rings. The summed E-state index contributed by atoms with van der Waals surface area (Å²) in [6.07, 6.45) is 0.466. The largest absolute Gasteiger partial charge is 0.508 e. The number of hydrogen-bond donors (Lipinski definition) is 3. The lowest BCUT2D eigenvalue weighted by molar-refractivity contribution is -0.137. The Hall–Kier alpha value is -1.26.